The van der Waals surface area contributed by atoms with Crippen molar-refractivity contribution in [2.24, 2.45) is 0 Å². The number of nitriles is 1. The first-order chi connectivity index (χ1) is 19.3. The predicted octanol–water partition coefficient (Wildman–Crippen LogP) is 5.65. The van der Waals surface area contributed by atoms with Crippen molar-refractivity contribution >= 4 is 15.7 Å². The zero-order valence-corrected chi connectivity index (χ0v) is 23.7. The highest BCUT2D eigenvalue weighted by atomic mass is 32.2. The van der Waals surface area contributed by atoms with Crippen molar-refractivity contribution in [2.45, 2.75) is 58.2 Å². The smallest absolute Gasteiger partial charge is 0.331 e. The van der Waals surface area contributed by atoms with Crippen LogP contribution in [0, 0.1) is 24.1 Å². The molecule has 1 atom stereocenters. The minimum atomic E-state index is -4.94. The minimum absolute atomic E-state index is 0.0513. The molecule has 1 saturated carbocycles. The van der Waals surface area contributed by atoms with E-state index >= 15 is 0 Å². The van der Waals surface area contributed by atoms with Crippen molar-refractivity contribution in [3.63, 3.8) is 0 Å². The van der Waals surface area contributed by atoms with Gasteiger partial charge in [-0.3, -0.25) is 9.36 Å². The lowest BCUT2D eigenvalue weighted by Gasteiger charge is -2.30. The predicted molar refractivity (Wildman–Crippen MR) is 145 cm³/mol. The van der Waals surface area contributed by atoms with Crippen molar-refractivity contribution in [1.29, 1.82) is 5.26 Å². The number of aromatic nitrogens is 2. The summed E-state index contributed by atoms with van der Waals surface area (Å²) in [5, 5.41) is 9.21. The van der Waals surface area contributed by atoms with Crippen molar-refractivity contribution in [2.75, 3.05) is 18.1 Å². The highest BCUT2D eigenvalue weighted by Gasteiger charge is 2.36. The maximum atomic E-state index is 13.9. The maximum Gasteiger partial charge on any atom is 0.419 e. The second-order valence-corrected chi connectivity index (χ2v) is 12.7. The number of amides is 1. The number of alkyl halides is 3. The Bertz CT molecular complexity index is 1590. The van der Waals surface area contributed by atoms with E-state index in [1.165, 1.54) is 11.8 Å². The number of hydrogen-bond acceptors (Lipinski definition) is 5. The molecule has 1 heterocycles. The molecule has 12 heteroatoms. The molecule has 1 aromatic heterocycles. The summed E-state index contributed by atoms with van der Waals surface area (Å²) in [6.07, 6.45) is -3.51. The second kappa shape index (κ2) is 11.6. The lowest BCUT2D eigenvalue weighted by Crippen LogP contribution is -2.39. The fraction of sp³-hybridized carbons (Fsp3) is 0.414. The number of imidazole rings is 1. The van der Waals surface area contributed by atoms with Crippen LogP contribution < -0.4 is 0 Å². The molecule has 0 N–H and O–H groups in total. The van der Waals surface area contributed by atoms with Crippen molar-refractivity contribution in [3.05, 3.63) is 82.2 Å². The van der Waals surface area contributed by atoms with Crippen LogP contribution in [0.1, 0.15) is 72.6 Å². The standard InChI is InChI=1S/C29H30F4N4O3S/c1-4-41(39,40)14-13-36(26(38)16-21-7-12-25(30)24(15-21)29(31,32)33)19(3)28-35-27(22-8-9-22)18(2)37(28)23-10-5-20(17-34)6-11-23/h5-7,10-12,15,19,22H,4,8-9,13-14,16H2,1-3H3/t19-/m1/s1. The first kappa shape index (κ1) is 30.2. The SMILES string of the molecule is CCS(=O)(=O)CCN(C(=O)Cc1ccc(F)c(C(F)(F)F)c1)[C@H](C)c1nc(C2CC2)c(C)n1-c1ccc(C#N)cc1. The van der Waals surface area contributed by atoms with Gasteiger partial charge in [-0.25, -0.2) is 17.8 Å². The summed E-state index contributed by atoms with van der Waals surface area (Å²) >= 11 is 0. The third-order valence-electron chi connectivity index (χ3n) is 7.32. The molecule has 0 radical (unpaired) electrons. The molecular weight excluding hydrogens is 560 g/mol. The van der Waals surface area contributed by atoms with Crippen molar-refractivity contribution in [1.82, 2.24) is 14.5 Å². The van der Waals surface area contributed by atoms with Crippen LogP contribution in [0.2, 0.25) is 0 Å². The molecule has 1 fully saturated rings. The van der Waals surface area contributed by atoms with E-state index in [2.05, 4.69) is 6.07 Å². The number of carbonyl (C=O) groups excluding carboxylic acids is 1. The lowest BCUT2D eigenvalue weighted by molar-refractivity contribution is -0.140. The van der Waals surface area contributed by atoms with Crippen LogP contribution >= 0.6 is 0 Å². The average Bonchev–Trinajstić information content (AvgIpc) is 3.71. The molecule has 1 aliphatic carbocycles. The molecule has 2 aromatic carbocycles. The lowest BCUT2D eigenvalue weighted by atomic mass is 10.1. The van der Waals surface area contributed by atoms with Gasteiger partial charge in [0.1, 0.15) is 11.6 Å². The summed E-state index contributed by atoms with van der Waals surface area (Å²) in [4.78, 5) is 19.8. The highest BCUT2D eigenvalue weighted by molar-refractivity contribution is 7.91. The van der Waals surface area contributed by atoms with Crippen LogP contribution in [0.5, 0.6) is 0 Å². The van der Waals surface area contributed by atoms with Crippen molar-refractivity contribution in [3.8, 4) is 11.8 Å². The molecule has 0 bridgehead atoms. The number of benzene rings is 2. The largest absolute Gasteiger partial charge is 0.419 e. The summed E-state index contributed by atoms with van der Waals surface area (Å²) in [6.45, 7) is 4.88. The van der Waals surface area contributed by atoms with Crippen LogP contribution in [-0.4, -0.2) is 46.8 Å². The van der Waals surface area contributed by atoms with Gasteiger partial charge in [0.2, 0.25) is 5.91 Å². The fourth-order valence-electron chi connectivity index (χ4n) is 4.81. The third kappa shape index (κ3) is 6.78. The molecule has 7 nitrogen and oxygen atoms in total. The van der Waals surface area contributed by atoms with Gasteiger partial charge < -0.3 is 4.90 Å². The summed E-state index contributed by atoms with van der Waals surface area (Å²) in [5.41, 5.74) is 1.34. The Hall–Kier alpha value is -3.72. The molecule has 4 rings (SSSR count). The van der Waals surface area contributed by atoms with E-state index < -0.39 is 45.8 Å². The van der Waals surface area contributed by atoms with Gasteiger partial charge >= 0.3 is 6.18 Å². The van der Waals surface area contributed by atoms with E-state index in [-0.39, 0.29) is 29.5 Å². The van der Waals surface area contributed by atoms with Crippen LogP contribution in [0.3, 0.4) is 0 Å². The Labute approximate surface area is 236 Å². The van der Waals surface area contributed by atoms with Gasteiger partial charge in [-0.15, -0.1) is 0 Å². The Kier molecular flexibility index (Phi) is 8.59. The van der Waals surface area contributed by atoms with Gasteiger partial charge in [-0.05, 0) is 68.7 Å². The Morgan fingerprint density at radius 1 is 1.20 bits per heavy atom. The van der Waals surface area contributed by atoms with Gasteiger partial charge in [0.15, 0.2) is 9.84 Å². The van der Waals surface area contributed by atoms with Gasteiger partial charge in [-0.2, -0.15) is 18.4 Å². The zero-order chi connectivity index (χ0) is 30.1. The van der Waals surface area contributed by atoms with E-state index in [1.807, 2.05) is 11.5 Å². The van der Waals surface area contributed by atoms with Crippen LogP contribution in [0.4, 0.5) is 17.6 Å². The topological polar surface area (TPSA) is 96.1 Å². The molecule has 218 valence electrons. The Morgan fingerprint density at radius 2 is 1.85 bits per heavy atom. The van der Waals surface area contributed by atoms with E-state index in [4.69, 9.17) is 4.98 Å². The van der Waals surface area contributed by atoms with E-state index in [0.717, 1.165) is 30.3 Å². The third-order valence-corrected chi connectivity index (χ3v) is 9.01. The van der Waals surface area contributed by atoms with Gasteiger partial charge in [0.25, 0.3) is 0 Å². The molecule has 41 heavy (non-hydrogen) atoms. The molecule has 0 saturated heterocycles. The first-order valence-corrected chi connectivity index (χ1v) is 15.0. The number of hydrogen-bond donors (Lipinski definition) is 0. The molecule has 0 unspecified atom stereocenters. The molecule has 1 aliphatic rings. The fourth-order valence-corrected chi connectivity index (χ4v) is 5.57. The zero-order valence-electron chi connectivity index (χ0n) is 22.9. The maximum absolute atomic E-state index is 13.9. The minimum Gasteiger partial charge on any atom is -0.331 e. The average molecular weight is 591 g/mol. The highest BCUT2D eigenvalue weighted by Crippen LogP contribution is 2.42. The van der Waals surface area contributed by atoms with Crippen LogP contribution in [0.15, 0.2) is 42.5 Å². The Balaban J connectivity index is 1.75. The molecular formula is C29H30F4N4O3S. The van der Waals surface area contributed by atoms with Gasteiger partial charge in [-0.1, -0.05) is 13.0 Å². The van der Waals surface area contributed by atoms with E-state index in [9.17, 15) is 36.0 Å². The first-order valence-electron chi connectivity index (χ1n) is 13.2. The number of nitrogens with zero attached hydrogens (tertiary/aromatic N) is 4. The summed E-state index contributed by atoms with van der Waals surface area (Å²) in [5.74, 6) is -1.83. The number of rotatable bonds is 10. The molecule has 0 spiro atoms. The van der Waals surface area contributed by atoms with Crippen molar-refractivity contribution < 1.29 is 30.8 Å². The number of carbonyl (C=O) groups is 1. The van der Waals surface area contributed by atoms with Crippen LogP contribution in [-0.2, 0) is 27.2 Å². The van der Waals surface area contributed by atoms with Gasteiger partial charge in [0.05, 0.1) is 41.1 Å². The summed E-state index contributed by atoms with van der Waals surface area (Å²) in [6, 6.07) is 10.5. The number of sulfone groups is 1. The quantitative estimate of drug-likeness (QED) is 0.284. The number of halogens is 4. The molecule has 3 aromatic rings. The molecule has 0 aliphatic heterocycles. The van der Waals surface area contributed by atoms with E-state index in [1.54, 1.807) is 31.2 Å². The summed E-state index contributed by atoms with van der Waals surface area (Å²) in [7, 11) is -3.49. The van der Waals surface area contributed by atoms with Gasteiger partial charge in [0, 0.05) is 29.6 Å². The normalized spacial score (nSPS) is 14.5. The summed E-state index contributed by atoms with van der Waals surface area (Å²) < 4.78 is 80.4. The molecule has 1 amide bonds. The van der Waals surface area contributed by atoms with Crippen LogP contribution in [0.25, 0.3) is 5.69 Å². The van der Waals surface area contributed by atoms with E-state index in [0.29, 0.717) is 29.2 Å². The second-order valence-electron chi connectivity index (χ2n) is 10.2. The monoisotopic (exact) mass is 590 g/mol. The Morgan fingerprint density at radius 3 is 2.41 bits per heavy atom.